The number of ether oxygens (including phenoxy) is 1. The van der Waals surface area contributed by atoms with Crippen LogP contribution in [0.3, 0.4) is 0 Å². The summed E-state index contributed by atoms with van der Waals surface area (Å²) in [5.74, 6) is 0.263. The average molecular weight is 375 g/mol. The van der Waals surface area contributed by atoms with E-state index in [0.717, 1.165) is 16.9 Å². The standard InChI is InChI=1S/C23H21NO4/c1-28-19-7-3-5-16(13-19)15-4-2-6-18(12-15)24-22(27)23(10-11-23)17-8-9-20(25)21(26)14-17/h2-9,12-14,25-26H,10-11H2,1H3,(H,24,27). The summed E-state index contributed by atoms with van der Waals surface area (Å²) in [5.41, 5.74) is 2.74. The third-order valence-electron chi connectivity index (χ3n) is 5.24. The summed E-state index contributed by atoms with van der Waals surface area (Å²) in [4.78, 5) is 13.0. The van der Waals surface area contributed by atoms with Crippen molar-refractivity contribution < 1.29 is 19.7 Å². The Morgan fingerprint density at radius 1 is 0.929 bits per heavy atom. The highest BCUT2D eigenvalue weighted by atomic mass is 16.5. The summed E-state index contributed by atoms with van der Waals surface area (Å²) in [6, 6.07) is 20.0. The number of phenolic OH excluding ortho intramolecular Hbond substituents is 2. The minimum absolute atomic E-state index is 0.111. The maximum Gasteiger partial charge on any atom is 0.235 e. The predicted molar refractivity (Wildman–Crippen MR) is 108 cm³/mol. The predicted octanol–water partition coefficient (Wildman–Crippen LogP) is 4.44. The maximum absolute atomic E-state index is 13.0. The molecule has 3 aromatic carbocycles. The van der Waals surface area contributed by atoms with Gasteiger partial charge in [-0.1, -0.05) is 30.3 Å². The first kappa shape index (κ1) is 17.9. The Hall–Kier alpha value is -3.47. The smallest absolute Gasteiger partial charge is 0.235 e. The van der Waals surface area contributed by atoms with E-state index in [-0.39, 0.29) is 17.4 Å². The maximum atomic E-state index is 13.0. The van der Waals surface area contributed by atoms with Gasteiger partial charge in [-0.15, -0.1) is 0 Å². The number of benzene rings is 3. The molecule has 0 saturated heterocycles. The van der Waals surface area contributed by atoms with Gasteiger partial charge in [0.25, 0.3) is 0 Å². The van der Waals surface area contributed by atoms with E-state index >= 15 is 0 Å². The molecule has 4 rings (SSSR count). The van der Waals surface area contributed by atoms with Crippen LogP contribution in [0.15, 0.2) is 66.7 Å². The average Bonchev–Trinajstić information content (AvgIpc) is 3.52. The van der Waals surface area contributed by atoms with Crippen molar-refractivity contribution in [1.29, 1.82) is 0 Å². The molecule has 1 aliphatic carbocycles. The Bertz CT molecular complexity index is 1040. The third kappa shape index (κ3) is 3.27. The van der Waals surface area contributed by atoms with Crippen molar-refractivity contribution in [2.75, 3.05) is 12.4 Å². The molecule has 0 spiro atoms. The van der Waals surface area contributed by atoms with E-state index in [2.05, 4.69) is 5.32 Å². The van der Waals surface area contributed by atoms with Crippen LogP contribution in [0.2, 0.25) is 0 Å². The Balaban J connectivity index is 1.57. The minimum Gasteiger partial charge on any atom is -0.504 e. The molecule has 1 aliphatic rings. The summed E-state index contributed by atoms with van der Waals surface area (Å²) < 4.78 is 5.28. The molecule has 0 heterocycles. The second kappa shape index (κ2) is 6.93. The highest BCUT2D eigenvalue weighted by Crippen LogP contribution is 2.50. The molecule has 1 amide bonds. The fourth-order valence-electron chi connectivity index (χ4n) is 3.42. The van der Waals surface area contributed by atoms with Crippen LogP contribution in [0, 0.1) is 0 Å². The summed E-state index contributed by atoms with van der Waals surface area (Å²) in [5, 5.41) is 22.3. The Morgan fingerprint density at radius 2 is 1.64 bits per heavy atom. The number of rotatable bonds is 5. The molecular weight excluding hydrogens is 354 g/mol. The number of anilines is 1. The normalized spacial score (nSPS) is 14.3. The van der Waals surface area contributed by atoms with Gasteiger partial charge in [0.05, 0.1) is 12.5 Å². The van der Waals surface area contributed by atoms with Crippen LogP contribution in [0.4, 0.5) is 5.69 Å². The van der Waals surface area contributed by atoms with Gasteiger partial charge in [-0.3, -0.25) is 4.79 Å². The van der Waals surface area contributed by atoms with Gasteiger partial charge in [-0.05, 0) is 65.9 Å². The van der Waals surface area contributed by atoms with E-state index in [1.807, 2.05) is 48.5 Å². The molecule has 0 unspecified atom stereocenters. The zero-order chi connectivity index (χ0) is 19.7. The number of carbonyl (C=O) groups is 1. The lowest BCUT2D eigenvalue weighted by molar-refractivity contribution is -0.118. The SMILES string of the molecule is COc1cccc(-c2cccc(NC(=O)C3(c4ccc(O)c(O)c4)CC3)c2)c1. The fourth-order valence-corrected chi connectivity index (χ4v) is 3.42. The van der Waals surface area contributed by atoms with E-state index in [1.165, 1.54) is 12.1 Å². The largest absolute Gasteiger partial charge is 0.504 e. The molecule has 0 aromatic heterocycles. The lowest BCUT2D eigenvalue weighted by Crippen LogP contribution is -2.27. The van der Waals surface area contributed by atoms with Gasteiger partial charge < -0.3 is 20.3 Å². The molecule has 5 heteroatoms. The van der Waals surface area contributed by atoms with Crippen LogP contribution in [-0.4, -0.2) is 23.2 Å². The van der Waals surface area contributed by atoms with Gasteiger partial charge in [0.15, 0.2) is 11.5 Å². The first-order valence-electron chi connectivity index (χ1n) is 9.10. The number of aromatic hydroxyl groups is 2. The molecule has 0 bridgehead atoms. The van der Waals surface area contributed by atoms with Gasteiger partial charge in [0.2, 0.25) is 5.91 Å². The Kier molecular flexibility index (Phi) is 4.43. The summed E-state index contributed by atoms with van der Waals surface area (Å²) in [7, 11) is 1.63. The van der Waals surface area contributed by atoms with Crippen molar-refractivity contribution in [2.24, 2.45) is 0 Å². The van der Waals surface area contributed by atoms with Crippen LogP contribution in [0.1, 0.15) is 18.4 Å². The molecular formula is C23H21NO4. The molecule has 3 aromatic rings. The Labute approximate surface area is 163 Å². The molecule has 5 nitrogen and oxygen atoms in total. The van der Waals surface area contributed by atoms with Gasteiger partial charge >= 0.3 is 0 Å². The quantitative estimate of drug-likeness (QED) is 0.576. The monoisotopic (exact) mass is 375 g/mol. The summed E-state index contributed by atoms with van der Waals surface area (Å²) in [6.07, 6.45) is 1.41. The van der Waals surface area contributed by atoms with Crippen LogP contribution in [0.25, 0.3) is 11.1 Å². The summed E-state index contributed by atoms with van der Waals surface area (Å²) in [6.45, 7) is 0. The topological polar surface area (TPSA) is 78.8 Å². The fraction of sp³-hybridized carbons (Fsp3) is 0.174. The highest BCUT2D eigenvalue weighted by Gasteiger charge is 2.51. The molecule has 1 fully saturated rings. The van der Waals surface area contributed by atoms with Gasteiger partial charge in [-0.25, -0.2) is 0 Å². The lowest BCUT2D eigenvalue weighted by atomic mass is 9.94. The van der Waals surface area contributed by atoms with Crippen molar-refractivity contribution in [2.45, 2.75) is 18.3 Å². The summed E-state index contributed by atoms with van der Waals surface area (Å²) >= 11 is 0. The molecule has 0 radical (unpaired) electrons. The van der Waals surface area contributed by atoms with Gasteiger partial charge in [0, 0.05) is 5.69 Å². The van der Waals surface area contributed by atoms with Crippen molar-refractivity contribution >= 4 is 11.6 Å². The second-order valence-corrected chi connectivity index (χ2v) is 7.05. The van der Waals surface area contributed by atoms with Crippen molar-refractivity contribution in [3.05, 3.63) is 72.3 Å². The second-order valence-electron chi connectivity index (χ2n) is 7.05. The molecule has 28 heavy (non-hydrogen) atoms. The first-order valence-corrected chi connectivity index (χ1v) is 9.10. The van der Waals surface area contributed by atoms with Crippen molar-refractivity contribution in [3.63, 3.8) is 0 Å². The van der Waals surface area contributed by atoms with E-state index in [9.17, 15) is 15.0 Å². The van der Waals surface area contributed by atoms with Crippen LogP contribution < -0.4 is 10.1 Å². The van der Waals surface area contributed by atoms with Crippen LogP contribution in [-0.2, 0) is 10.2 Å². The van der Waals surface area contributed by atoms with Crippen molar-refractivity contribution in [1.82, 2.24) is 0 Å². The molecule has 3 N–H and O–H groups in total. The number of hydrogen-bond acceptors (Lipinski definition) is 4. The van der Waals surface area contributed by atoms with Gasteiger partial charge in [0.1, 0.15) is 5.75 Å². The number of methoxy groups -OCH3 is 1. The molecule has 0 aliphatic heterocycles. The molecule has 0 atom stereocenters. The molecule has 142 valence electrons. The first-order chi connectivity index (χ1) is 13.5. The highest BCUT2D eigenvalue weighted by molar-refractivity contribution is 6.01. The van der Waals surface area contributed by atoms with Crippen LogP contribution >= 0.6 is 0 Å². The zero-order valence-corrected chi connectivity index (χ0v) is 15.5. The lowest BCUT2D eigenvalue weighted by Gasteiger charge is -2.17. The van der Waals surface area contributed by atoms with Crippen LogP contribution in [0.5, 0.6) is 17.2 Å². The number of carbonyl (C=O) groups excluding carboxylic acids is 1. The van der Waals surface area contributed by atoms with Crippen molar-refractivity contribution in [3.8, 4) is 28.4 Å². The van der Waals surface area contributed by atoms with E-state index in [4.69, 9.17) is 4.74 Å². The number of amides is 1. The van der Waals surface area contributed by atoms with E-state index < -0.39 is 5.41 Å². The number of nitrogens with one attached hydrogen (secondary N) is 1. The number of phenols is 2. The van der Waals surface area contributed by atoms with E-state index in [0.29, 0.717) is 24.1 Å². The Morgan fingerprint density at radius 3 is 2.32 bits per heavy atom. The van der Waals surface area contributed by atoms with Gasteiger partial charge in [-0.2, -0.15) is 0 Å². The minimum atomic E-state index is -0.656. The number of hydrogen-bond donors (Lipinski definition) is 3. The third-order valence-corrected chi connectivity index (χ3v) is 5.24. The molecule has 1 saturated carbocycles. The van der Waals surface area contributed by atoms with E-state index in [1.54, 1.807) is 13.2 Å². The zero-order valence-electron chi connectivity index (χ0n) is 15.5.